The lowest BCUT2D eigenvalue weighted by atomic mass is 10.1. The van der Waals surface area contributed by atoms with Crippen molar-refractivity contribution in [3.8, 4) is 28.8 Å². The maximum absolute atomic E-state index is 11.7. The highest BCUT2D eigenvalue weighted by atomic mass is 16.6. The first-order valence-corrected chi connectivity index (χ1v) is 11.9. The number of ether oxygens (including phenoxy) is 1. The maximum atomic E-state index is 11.7. The highest BCUT2D eigenvalue weighted by Gasteiger charge is 2.22. The van der Waals surface area contributed by atoms with Crippen LogP contribution in [0.1, 0.15) is 26.6 Å². The molecule has 1 aliphatic rings. The second-order valence-corrected chi connectivity index (χ2v) is 9.39. The number of anilines is 3. The number of alkyl carbamates (subject to hydrolysis) is 1. The molecule has 0 atom stereocenters. The van der Waals surface area contributed by atoms with Gasteiger partial charge in [-0.15, -0.1) is 10.2 Å². The monoisotopic (exact) mass is 502 g/mol. The van der Waals surface area contributed by atoms with Crippen molar-refractivity contribution in [3.05, 3.63) is 48.4 Å². The summed E-state index contributed by atoms with van der Waals surface area (Å²) < 4.78 is 5.18. The number of benzene rings is 1. The van der Waals surface area contributed by atoms with Crippen LogP contribution in [0.2, 0.25) is 0 Å². The number of nitrogen functional groups attached to an aromatic ring is 1. The Kier molecular flexibility index (Phi) is 7.57. The first-order chi connectivity index (χ1) is 17.7. The van der Waals surface area contributed by atoms with Crippen LogP contribution in [0.3, 0.4) is 0 Å². The summed E-state index contributed by atoms with van der Waals surface area (Å²) in [6, 6.07) is 10.7. The number of nitrogens with one attached hydrogen (secondary N) is 1. The Hall–Kier alpha value is -4.59. The molecular formula is C26H30N8O3. The van der Waals surface area contributed by atoms with Crippen molar-refractivity contribution in [2.45, 2.75) is 26.4 Å². The Bertz CT molecular complexity index is 1320. The number of rotatable bonds is 4. The Morgan fingerprint density at radius 1 is 1.14 bits per heavy atom. The third-order valence-electron chi connectivity index (χ3n) is 5.49. The molecular weight excluding hydrogens is 472 g/mol. The third kappa shape index (κ3) is 6.76. The van der Waals surface area contributed by atoms with Gasteiger partial charge in [-0.3, -0.25) is 0 Å². The summed E-state index contributed by atoms with van der Waals surface area (Å²) in [7, 11) is 0. The van der Waals surface area contributed by atoms with Crippen LogP contribution in [0.15, 0.2) is 42.6 Å². The molecule has 2 aromatic heterocycles. The molecule has 1 fully saturated rings. The second-order valence-electron chi connectivity index (χ2n) is 9.39. The van der Waals surface area contributed by atoms with E-state index in [2.05, 4.69) is 47.1 Å². The van der Waals surface area contributed by atoms with E-state index < -0.39 is 11.7 Å². The van der Waals surface area contributed by atoms with Gasteiger partial charge in [0.15, 0.2) is 5.82 Å². The average Bonchev–Trinajstić information content (AvgIpc) is 2.87. The predicted octanol–water partition coefficient (Wildman–Crippen LogP) is 2.42. The maximum Gasteiger partial charge on any atom is 0.408 e. The van der Waals surface area contributed by atoms with Crippen LogP contribution in [-0.2, 0) is 4.74 Å². The van der Waals surface area contributed by atoms with Crippen LogP contribution < -0.4 is 20.9 Å². The molecule has 4 N–H and O–H groups in total. The lowest BCUT2D eigenvalue weighted by Crippen LogP contribution is -2.47. The number of phenolic OH excluding ortho intramolecular Hbond substituents is 1. The average molecular weight is 503 g/mol. The molecule has 1 aromatic carbocycles. The molecule has 0 aliphatic carbocycles. The summed E-state index contributed by atoms with van der Waals surface area (Å²) in [5.41, 5.74) is 7.52. The molecule has 0 spiro atoms. The summed E-state index contributed by atoms with van der Waals surface area (Å²) in [6.07, 6.45) is 1.15. The van der Waals surface area contributed by atoms with Gasteiger partial charge in [-0.25, -0.2) is 14.8 Å². The number of carbonyl (C=O) groups excluding carboxylic acids is 1. The zero-order valence-electron chi connectivity index (χ0n) is 21.1. The molecule has 1 saturated heterocycles. The van der Waals surface area contributed by atoms with E-state index in [1.54, 1.807) is 45.2 Å². The van der Waals surface area contributed by atoms with Gasteiger partial charge in [0.1, 0.15) is 17.2 Å². The smallest absolute Gasteiger partial charge is 0.408 e. The van der Waals surface area contributed by atoms with Crippen LogP contribution in [0, 0.1) is 11.8 Å². The van der Waals surface area contributed by atoms with E-state index in [4.69, 9.17) is 10.5 Å². The van der Waals surface area contributed by atoms with Gasteiger partial charge in [0.05, 0.1) is 17.9 Å². The van der Waals surface area contributed by atoms with Gasteiger partial charge in [-0.1, -0.05) is 18.1 Å². The second kappa shape index (κ2) is 11.0. The topological polar surface area (TPSA) is 143 Å². The molecule has 1 amide bonds. The highest BCUT2D eigenvalue weighted by molar-refractivity contribution is 5.74. The third-order valence-corrected chi connectivity index (χ3v) is 5.49. The van der Waals surface area contributed by atoms with Gasteiger partial charge >= 0.3 is 6.09 Å². The van der Waals surface area contributed by atoms with E-state index in [0.717, 1.165) is 11.5 Å². The van der Waals surface area contributed by atoms with Crippen molar-refractivity contribution in [2.75, 3.05) is 48.3 Å². The molecule has 11 heteroatoms. The summed E-state index contributed by atoms with van der Waals surface area (Å²) >= 11 is 0. The Balaban J connectivity index is 1.37. The molecule has 4 rings (SSSR count). The molecule has 3 heterocycles. The van der Waals surface area contributed by atoms with Crippen molar-refractivity contribution in [3.63, 3.8) is 0 Å². The van der Waals surface area contributed by atoms with Gasteiger partial charge in [0.25, 0.3) is 0 Å². The van der Waals surface area contributed by atoms with Crippen molar-refractivity contribution in [2.24, 2.45) is 0 Å². The summed E-state index contributed by atoms with van der Waals surface area (Å²) in [4.78, 5) is 24.8. The number of carbonyl (C=O) groups is 1. The lowest BCUT2D eigenvalue weighted by Gasteiger charge is -2.36. The number of aromatic hydroxyl groups is 1. The zero-order valence-corrected chi connectivity index (χ0v) is 21.1. The van der Waals surface area contributed by atoms with Crippen molar-refractivity contribution < 1.29 is 14.6 Å². The number of piperazine rings is 1. The normalized spacial score (nSPS) is 13.5. The van der Waals surface area contributed by atoms with E-state index in [9.17, 15) is 9.90 Å². The van der Waals surface area contributed by atoms with Crippen molar-refractivity contribution in [1.82, 2.24) is 25.5 Å². The van der Waals surface area contributed by atoms with E-state index in [0.29, 0.717) is 49.1 Å². The molecule has 11 nitrogen and oxygen atoms in total. The van der Waals surface area contributed by atoms with Crippen LogP contribution in [0.25, 0.3) is 11.3 Å². The SMILES string of the molecule is CC(C)(C)OC(=O)NCC#Cc1nccc(N2CCN(c3cc(-c4ccccc4O)nnc3N)CC2)n1. The summed E-state index contributed by atoms with van der Waals surface area (Å²) in [5, 5.41) is 21.1. The number of nitrogens with zero attached hydrogens (tertiary/aromatic N) is 6. The van der Waals surface area contributed by atoms with Gasteiger partial charge in [-0.2, -0.15) is 0 Å². The standard InChI is InChI=1S/C26H30N8O3/c1-26(2,3)37-25(36)29-11-6-9-22-28-12-10-23(30-22)34-15-13-33(14-16-34)20-17-19(31-32-24(20)27)18-7-4-5-8-21(18)35/h4-5,7-8,10,12,17,35H,11,13-16H2,1-3H3,(H2,27,32)(H,29,36). The number of para-hydroxylation sites is 1. The lowest BCUT2D eigenvalue weighted by molar-refractivity contribution is 0.0535. The largest absolute Gasteiger partial charge is 0.507 e. The van der Waals surface area contributed by atoms with Crippen molar-refractivity contribution in [1.29, 1.82) is 0 Å². The van der Waals surface area contributed by atoms with Gasteiger partial charge in [0.2, 0.25) is 5.82 Å². The molecule has 0 radical (unpaired) electrons. The van der Waals surface area contributed by atoms with E-state index in [1.165, 1.54) is 0 Å². The Morgan fingerprint density at radius 2 is 1.86 bits per heavy atom. The molecule has 37 heavy (non-hydrogen) atoms. The van der Waals surface area contributed by atoms with E-state index in [1.807, 2.05) is 18.2 Å². The number of hydrogen-bond donors (Lipinski definition) is 3. The number of amides is 1. The first kappa shape index (κ1) is 25.5. The molecule has 0 unspecified atom stereocenters. The number of nitrogens with two attached hydrogens (primary N) is 1. The Morgan fingerprint density at radius 3 is 2.59 bits per heavy atom. The zero-order chi connectivity index (χ0) is 26.4. The Labute approximate surface area is 215 Å². The van der Waals surface area contributed by atoms with Gasteiger partial charge in [-0.05, 0) is 51.0 Å². The summed E-state index contributed by atoms with van der Waals surface area (Å²) in [6.45, 7) is 8.33. The number of hydrogen-bond acceptors (Lipinski definition) is 10. The fourth-order valence-electron chi connectivity index (χ4n) is 3.78. The first-order valence-electron chi connectivity index (χ1n) is 11.9. The minimum Gasteiger partial charge on any atom is -0.507 e. The molecule has 0 bridgehead atoms. The van der Waals surface area contributed by atoms with Crippen LogP contribution in [0.5, 0.6) is 5.75 Å². The molecule has 1 aliphatic heterocycles. The van der Waals surface area contributed by atoms with Crippen LogP contribution in [0.4, 0.5) is 22.1 Å². The van der Waals surface area contributed by atoms with Crippen LogP contribution >= 0.6 is 0 Å². The van der Waals surface area contributed by atoms with Crippen molar-refractivity contribution >= 4 is 23.4 Å². The van der Waals surface area contributed by atoms with Gasteiger partial charge in [0, 0.05) is 37.9 Å². The fourth-order valence-corrected chi connectivity index (χ4v) is 3.78. The number of aromatic nitrogens is 4. The highest BCUT2D eigenvalue weighted by Crippen LogP contribution is 2.31. The predicted molar refractivity (Wildman–Crippen MR) is 141 cm³/mol. The van der Waals surface area contributed by atoms with Gasteiger partial charge < -0.3 is 30.7 Å². The minimum atomic E-state index is -0.564. The summed E-state index contributed by atoms with van der Waals surface area (Å²) in [5.74, 6) is 7.35. The molecule has 192 valence electrons. The number of phenols is 1. The molecule has 0 saturated carbocycles. The van der Waals surface area contributed by atoms with E-state index in [-0.39, 0.29) is 12.3 Å². The minimum absolute atomic E-state index is 0.130. The van der Waals surface area contributed by atoms with Crippen LogP contribution in [-0.4, -0.2) is 69.7 Å². The fraction of sp³-hybridized carbons (Fsp3) is 0.346. The quantitative estimate of drug-likeness (QED) is 0.455. The van der Waals surface area contributed by atoms with E-state index >= 15 is 0 Å². The molecule has 3 aromatic rings.